The van der Waals surface area contributed by atoms with Crippen molar-refractivity contribution in [3.63, 3.8) is 0 Å². The maximum Gasteiger partial charge on any atom is 0.312 e. The van der Waals surface area contributed by atoms with Crippen molar-refractivity contribution in [3.05, 3.63) is 24.3 Å². The molecule has 1 N–H and O–H groups in total. The van der Waals surface area contributed by atoms with E-state index in [0.29, 0.717) is 19.4 Å². The second kappa shape index (κ2) is 9.69. The molecule has 192 valence electrons. The summed E-state index contributed by atoms with van der Waals surface area (Å²) < 4.78 is 12.1. The molecule has 0 bridgehead atoms. The molecule has 0 radical (unpaired) electrons. The van der Waals surface area contributed by atoms with Gasteiger partial charge in [0.15, 0.2) is 0 Å². The first-order chi connectivity index (χ1) is 16.9. The minimum atomic E-state index is -1.26. The fourth-order valence-corrected chi connectivity index (χ4v) is 7.00. The molecule has 4 heterocycles. The van der Waals surface area contributed by atoms with Crippen LogP contribution in [-0.2, 0) is 23.9 Å². The summed E-state index contributed by atoms with van der Waals surface area (Å²) in [6.45, 7) is 4.54. The van der Waals surface area contributed by atoms with Crippen molar-refractivity contribution in [3.8, 4) is 0 Å². The van der Waals surface area contributed by atoms with Crippen LogP contribution in [0.15, 0.2) is 24.3 Å². The Morgan fingerprint density at radius 2 is 1.89 bits per heavy atom. The van der Waals surface area contributed by atoms with E-state index in [2.05, 4.69) is 0 Å². The highest BCUT2D eigenvalue weighted by Crippen LogP contribution is 2.54. The molecule has 2 saturated heterocycles. The minimum absolute atomic E-state index is 0.129. The number of likely N-dealkylation sites (tertiary alicyclic amines) is 1. The maximum absolute atomic E-state index is 14.3. The van der Waals surface area contributed by atoms with Crippen LogP contribution in [0.2, 0.25) is 0 Å². The van der Waals surface area contributed by atoms with Gasteiger partial charge in [0.05, 0.1) is 31.3 Å². The van der Waals surface area contributed by atoms with Gasteiger partial charge < -0.3 is 24.4 Å². The van der Waals surface area contributed by atoms with E-state index in [-0.39, 0.29) is 37.0 Å². The van der Waals surface area contributed by atoms with E-state index < -0.39 is 41.6 Å². The number of amides is 2. The Bertz CT molecular complexity index is 909. The normalized spacial score (nSPS) is 36.4. The summed E-state index contributed by atoms with van der Waals surface area (Å²) in [5.41, 5.74) is -1.26. The summed E-state index contributed by atoms with van der Waals surface area (Å²) in [7, 11) is 0. The average Bonchev–Trinajstić information content (AvgIpc) is 3.22. The van der Waals surface area contributed by atoms with Crippen LogP contribution in [0, 0.1) is 17.8 Å². The molecule has 8 heteroatoms. The Morgan fingerprint density at radius 3 is 2.60 bits per heavy atom. The topological polar surface area (TPSA) is 96.4 Å². The largest absolute Gasteiger partial charge is 0.465 e. The molecule has 1 saturated carbocycles. The molecule has 1 unspecified atom stereocenters. The lowest BCUT2D eigenvalue weighted by atomic mass is 9.77. The number of aliphatic hydroxyl groups excluding tert-OH is 1. The van der Waals surface area contributed by atoms with Gasteiger partial charge in [-0.05, 0) is 31.6 Å². The minimum Gasteiger partial charge on any atom is -0.465 e. The third-order valence-electron chi connectivity index (χ3n) is 8.45. The molecule has 0 aromatic carbocycles. The first-order valence-corrected chi connectivity index (χ1v) is 13.3. The van der Waals surface area contributed by atoms with E-state index in [1.165, 1.54) is 6.42 Å². The molecule has 4 aliphatic heterocycles. The number of aliphatic hydroxyl groups is 1. The van der Waals surface area contributed by atoms with Gasteiger partial charge in [-0.2, -0.15) is 0 Å². The molecule has 1 aliphatic carbocycles. The highest BCUT2D eigenvalue weighted by molar-refractivity contribution is 5.99. The van der Waals surface area contributed by atoms with Gasteiger partial charge in [-0.25, -0.2) is 0 Å². The molecule has 8 nitrogen and oxygen atoms in total. The standard InChI is InChI=1S/C27H38N2O6/c1-17(2)15-19(16-30)29-23-25(32)28(18-9-4-3-5-10-18)13-8-12-27(23)22(24(29)31)21-20(35-27)11-6-7-14-34-26(21)33/h6,8,11-12,17-23,30H,3-5,7,9-10,13-16H2,1-2H3/t19-,20-,21+,22+,23?,27+/m1/s1. The van der Waals surface area contributed by atoms with Gasteiger partial charge in [0, 0.05) is 12.6 Å². The van der Waals surface area contributed by atoms with Crippen molar-refractivity contribution in [1.29, 1.82) is 0 Å². The number of carbonyl (C=O) groups is 3. The zero-order valence-electron chi connectivity index (χ0n) is 20.8. The number of hydrogen-bond acceptors (Lipinski definition) is 6. The van der Waals surface area contributed by atoms with Gasteiger partial charge in [0.25, 0.3) is 0 Å². The van der Waals surface area contributed by atoms with Gasteiger partial charge in [-0.3, -0.25) is 14.4 Å². The molecule has 3 fully saturated rings. The third-order valence-corrected chi connectivity index (χ3v) is 8.45. The highest BCUT2D eigenvalue weighted by atomic mass is 16.6. The van der Waals surface area contributed by atoms with Crippen LogP contribution in [0.4, 0.5) is 0 Å². The number of hydrogen-bond donors (Lipinski definition) is 1. The molecule has 0 aromatic rings. The first-order valence-electron chi connectivity index (χ1n) is 13.3. The Hall–Kier alpha value is -2.19. The van der Waals surface area contributed by atoms with Crippen molar-refractivity contribution in [2.24, 2.45) is 17.8 Å². The second-order valence-corrected chi connectivity index (χ2v) is 11.1. The van der Waals surface area contributed by atoms with Crippen LogP contribution in [0.25, 0.3) is 0 Å². The Kier molecular flexibility index (Phi) is 6.79. The molecule has 5 rings (SSSR count). The van der Waals surface area contributed by atoms with Gasteiger partial charge in [-0.1, -0.05) is 57.4 Å². The summed E-state index contributed by atoms with van der Waals surface area (Å²) in [5.74, 6) is -2.34. The SMILES string of the molecule is CC(C)C[C@H](CO)N1C(=O)[C@@H]2[C@H]3C(=O)OCCC=C[C@H]3O[C@@]23C=CCN(C2CCCCC2)C(=O)C13. The van der Waals surface area contributed by atoms with Gasteiger partial charge in [0.2, 0.25) is 11.8 Å². The van der Waals surface area contributed by atoms with Crippen LogP contribution >= 0.6 is 0 Å². The summed E-state index contributed by atoms with van der Waals surface area (Å²) in [6.07, 6.45) is 13.4. The first kappa shape index (κ1) is 24.5. The molecule has 2 amide bonds. The predicted molar refractivity (Wildman–Crippen MR) is 128 cm³/mol. The van der Waals surface area contributed by atoms with Crippen molar-refractivity contribution in [2.45, 2.75) is 88.6 Å². The number of nitrogens with zero attached hydrogens (tertiary/aromatic N) is 2. The fourth-order valence-electron chi connectivity index (χ4n) is 7.00. The summed E-state index contributed by atoms with van der Waals surface area (Å²) in [6, 6.07) is -1.31. The molecular weight excluding hydrogens is 448 g/mol. The van der Waals surface area contributed by atoms with E-state index in [9.17, 15) is 19.5 Å². The molecule has 5 aliphatic rings. The number of rotatable bonds is 5. The number of ether oxygens (including phenoxy) is 2. The van der Waals surface area contributed by atoms with E-state index in [0.717, 1.165) is 25.7 Å². The lowest BCUT2D eigenvalue weighted by Crippen LogP contribution is -2.59. The lowest BCUT2D eigenvalue weighted by molar-refractivity contribution is -0.157. The lowest BCUT2D eigenvalue weighted by Gasteiger charge is -2.41. The van der Waals surface area contributed by atoms with Crippen LogP contribution < -0.4 is 0 Å². The quantitative estimate of drug-likeness (QED) is 0.473. The van der Waals surface area contributed by atoms with Crippen molar-refractivity contribution < 1.29 is 29.0 Å². The maximum atomic E-state index is 14.3. The fraction of sp³-hybridized carbons (Fsp3) is 0.741. The van der Waals surface area contributed by atoms with Crippen LogP contribution in [0.1, 0.15) is 58.8 Å². The predicted octanol–water partition coefficient (Wildman–Crippen LogP) is 2.21. The zero-order valence-corrected chi connectivity index (χ0v) is 20.8. The van der Waals surface area contributed by atoms with E-state index in [4.69, 9.17) is 9.47 Å². The summed E-state index contributed by atoms with van der Waals surface area (Å²) >= 11 is 0. The van der Waals surface area contributed by atoms with E-state index in [1.807, 2.05) is 43.1 Å². The molecule has 1 spiro atoms. The van der Waals surface area contributed by atoms with Crippen LogP contribution in [0.3, 0.4) is 0 Å². The molecule has 6 atom stereocenters. The highest BCUT2D eigenvalue weighted by Gasteiger charge is 2.72. The number of fused-ring (bicyclic) bond motifs is 2. The Morgan fingerprint density at radius 1 is 1.11 bits per heavy atom. The van der Waals surface area contributed by atoms with Crippen molar-refractivity contribution >= 4 is 17.8 Å². The van der Waals surface area contributed by atoms with E-state index in [1.54, 1.807) is 4.90 Å². The van der Waals surface area contributed by atoms with Gasteiger partial charge >= 0.3 is 5.97 Å². The number of cyclic esters (lactones) is 1. The average molecular weight is 487 g/mol. The summed E-state index contributed by atoms with van der Waals surface area (Å²) in [4.78, 5) is 45.1. The number of esters is 1. The smallest absolute Gasteiger partial charge is 0.312 e. The summed E-state index contributed by atoms with van der Waals surface area (Å²) in [5, 5.41) is 10.4. The van der Waals surface area contributed by atoms with E-state index >= 15 is 0 Å². The molecule has 0 aromatic heterocycles. The van der Waals surface area contributed by atoms with Crippen molar-refractivity contribution in [1.82, 2.24) is 9.80 Å². The Labute approximate surface area is 207 Å². The molecular formula is C27H38N2O6. The van der Waals surface area contributed by atoms with Crippen LogP contribution in [0.5, 0.6) is 0 Å². The second-order valence-electron chi connectivity index (χ2n) is 11.1. The third kappa shape index (κ3) is 4.02. The van der Waals surface area contributed by atoms with Gasteiger partial charge in [0.1, 0.15) is 17.6 Å². The zero-order chi connectivity index (χ0) is 24.7. The van der Waals surface area contributed by atoms with Crippen LogP contribution in [-0.4, -0.2) is 82.3 Å². The monoisotopic (exact) mass is 486 g/mol. The Balaban J connectivity index is 1.60. The number of carbonyl (C=O) groups excluding carboxylic acids is 3. The molecule has 35 heavy (non-hydrogen) atoms. The van der Waals surface area contributed by atoms with Gasteiger partial charge in [-0.15, -0.1) is 0 Å². The van der Waals surface area contributed by atoms with Crippen molar-refractivity contribution in [2.75, 3.05) is 19.8 Å².